The standard InChI is InChI=1S/C4H7NO2S/c1-3-5(4-2)8(6)7/h3-4H,1-2H2,(H,6,7)/p-1. The van der Waals surface area contributed by atoms with Crippen LogP contribution in [0.1, 0.15) is 0 Å². The number of rotatable bonds is 3. The van der Waals surface area contributed by atoms with Crippen molar-refractivity contribution in [1.82, 2.24) is 4.31 Å². The summed E-state index contributed by atoms with van der Waals surface area (Å²) in [6.45, 7) is 6.43. The zero-order valence-corrected chi connectivity index (χ0v) is 5.06. The normalized spacial score (nSPS) is 12.1. The van der Waals surface area contributed by atoms with Gasteiger partial charge in [0, 0.05) is 12.4 Å². The zero-order valence-electron chi connectivity index (χ0n) is 4.24. The highest BCUT2D eigenvalue weighted by Gasteiger charge is 1.85. The Morgan fingerprint density at radius 3 is 1.88 bits per heavy atom. The summed E-state index contributed by atoms with van der Waals surface area (Å²) in [6.07, 6.45) is 2.30. The first kappa shape index (κ1) is 7.39. The van der Waals surface area contributed by atoms with Crippen LogP contribution in [-0.4, -0.2) is 13.1 Å². The molecule has 0 aliphatic heterocycles. The van der Waals surface area contributed by atoms with Crippen molar-refractivity contribution < 1.29 is 8.76 Å². The maximum atomic E-state index is 9.94. The predicted octanol–water partition coefficient (Wildman–Crippen LogP) is 0.369. The number of hydrogen-bond donors (Lipinski definition) is 0. The van der Waals surface area contributed by atoms with Crippen molar-refractivity contribution in [2.75, 3.05) is 0 Å². The lowest BCUT2D eigenvalue weighted by Gasteiger charge is -2.15. The molecule has 0 radical (unpaired) electrons. The third kappa shape index (κ3) is 1.90. The van der Waals surface area contributed by atoms with E-state index >= 15 is 0 Å². The first-order chi connectivity index (χ1) is 3.72. The molecule has 0 rings (SSSR count). The van der Waals surface area contributed by atoms with Crippen LogP contribution in [0.15, 0.2) is 25.6 Å². The monoisotopic (exact) mass is 132 g/mol. The molecule has 1 atom stereocenters. The molecule has 0 amide bonds. The van der Waals surface area contributed by atoms with Gasteiger partial charge in [-0.3, -0.25) is 8.51 Å². The Kier molecular flexibility index (Phi) is 3.14. The van der Waals surface area contributed by atoms with Crippen molar-refractivity contribution in [2.24, 2.45) is 0 Å². The van der Waals surface area contributed by atoms with E-state index in [1.165, 1.54) is 0 Å². The quantitative estimate of drug-likeness (QED) is 0.521. The van der Waals surface area contributed by atoms with Crippen molar-refractivity contribution >= 4 is 11.3 Å². The summed E-state index contributed by atoms with van der Waals surface area (Å²) in [6, 6.07) is 0. The first-order valence-electron chi connectivity index (χ1n) is 1.85. The maximum absolute atomic E-state index is 9.94. The molecule has 0 bridgehead atoms. The lowest BCUT2D eigenvalue weighted by Crippen LogP contribution is -2.10. The summed E-state index contributed by atoms with van der Waals surface area (Å²) in [5, 5.41) is 0. The van der Waals surface area contributed by atoms with E-state index in [1.54, 1.807) is 0 Å². The van der Waals surface area contributed by atoms with Crippen LogP contribution in [0.3, 0.4) is 0 Å². The Morgan fingerprint density at radius 1 is 1.50 bits per heavy atom. The average Bonchev–Trinajstić information content (AvgIpc) is 1.69. The minimum absolute atomic E-state index is 0.861. The van der Waals surface area contributed by atoms with Crippen LogP contribution in [0.5, 0.6) is 0 Å². The average molecular weight is 132 g/mol. The van der Waals surface area contributed by atoms with Crippen LogP contribution in [0, 0.1) is 0 Å². The fraction of sp³-hybridized carbons (Fsp3) is 0. The highest BCUT2D eigenvalue weighted by Crippen LogP contribution is 1.89. The smallest absolute Gasteiger partial charge is 0.0511 e. The van der Waals surface area contributed by atoms with E-state index in [0.717, 1.165) is 16.7 Å². The number of nitrogens with zero attached hydrogens (tertiary/aromatic N) is 1. The number of hydrogen-bond acceptors (Lipinski definition) is 2. The molecule has 0 heterocycles. The van der Waals surface area contributed by atoms with Gasteiger partial charge < -0.3 is 4.55 Å². The summed E-state index contributed by atoms with van der Waals surface area (Å²) >= 11 is -2.26. The SMILES string of the molecule is C=CN(C=C)S(=O)[O-]. The third-order valence-corrected chi connectivity index (χ3v) is 1.17. The van der Waals surface area contributed by atoms with Gasteiger partial charge in [0.05, 0.1) is 11.3 Å². The lowest BCUT2D eigenvalue weighted by atomic mass is 10.9. The maximum Gasteiger partial charge on any atom is 0.0511 e. The minimum Gasteiger partial charge on any atom is -0.755 e. The highest BCUT2D eigenvalue weighted by molar-refractivity contribution is 7.76. The van der Waals surface area contributed by atoms with Gasteiger partial charge in [-0.1, -0.05) is 13.2 Å². The molecule has 46 valence electrons. The fourth-order valence-electron chi connectivity index (χ4n) is 0.196. The van der Waals surface area contributed by atoms with Gasteiger partial charge in [-0.2, -0.15) is 0 Å². The van der Waals surface area contributed by atoms with Gasteiger partial charge in [0.25, 0.3) is 0 Å². The molecule has 0 N–H and O–H groups in total. The van der Waals surface area contributed by atoms with Crippen LogP contribution in [-0.2, 0) is 11.3 Å². The van der Waals surface area contributed by atoms with Gasteiger partial charge >= 0.3 is 0 Å². The van der Waals surface area contributed by atoms with Crippen LogP contribution in [0.2, 0.25) is 0 Å². The zero-order chi connectivity index (χ0) is 6.57. The molecule has 0 aromatic heterocycles. The van der Waals surface area contributed by atoms with Gasteiger partial charge in [-0.25, -0.2) is 0 Å². The molecule has 8 heavy (non-hydrogen) atoms. The van der Waals surface area contributed by atoms with E-state index in [9.17, 15) is 8.76 Å². The topological polar surface area (TPSA) is 43.4 Å². The molecule has 3 nitrogen and oxygen atoms in total. The van der Waals surface area contributed by atoms with Crippen LogP contribution < -0.4 is 0 Å². The Hall–Kier alpha value is -0.610. The lowest BCUT2D eigenvalue weighted by molar-refractivity contribution is 0.496. The van der Waals surface area contributed by atoms with Crippen LogP contribution >= 0.6 is 0 Å². The van der Waals surface area contributed by atoms with Crippen molar-refractivity contribution in [3.05, 3.63) is 25.6 Å². The second-order valence-corrected chi connectivity index (χ2v) is 1.80. The van der Waals surface area contributed by atoms with E-state index < -0.39 is 11.3 Å². The summed E-state index contributed by atoms with van der Waals surface area (Å²) in [4.78, 5) is 0. The summed E-state index contributed by atoms with van der Waals surface area (Å²) in [5.41, 5.74) is 0. The van der Waals surface area contributed by atoms with Gasteiger partial charge in [0.1, 0.15) is 0 Å². The van der Waals surface area contributed by atoms with E-state index in [1.807, 2.05) is 0 Å². The first-order valence-corrected chi connectivity index (χ1v) is 2.88. The van der Waals surface area contributed by atoms with Crippen molar-refractivity contribution in [2.45, 2.75) is 0 Å². The van der Waals surface area contributed by atoms with Gasteiger partial charge in [0.15, 0.2) is 0 Å². The molecule has 0 aliphatic carbocycles. The Balaban J connectivity index is 3.88. The van der Waals surface area contributed by atoms with Gasteiger partial charge in [0.2, 0.25) is 0 Å². The van der Waals surface area contributed by atoms with Gasteiger partial charge in [-0.15, -0.1) is 0 Å². The summed E-state index contributed by atoms with van der Waals surface area (Å²) in [7, 11) is 0. The largest absolute Gasteiger partial charge is 0.755 e. The molecule has 0 fully saturated rings. The Morgan fingerprint density at radius 2 is 1.88 bits per heavy atom. The predicted molar refractivity (Wildman–Crippen MR) is 31.2 cm³/mol. The summed E-state index contributed by atoms with van der Waals surface area (Å²) in [5.74, 6) is 0. The molecule has 0 aromatic rings. The van der Waals surface area contributed by atoms with Crippen molar-refractivity contribution in [1.29, 1.82) is 0 Å². The third-order valence-electron chi connectivity index (χ3n) is 0.532. The van der Waals surface area contributed by atoms with Gasteiger partial charge in [-0.05, 0) is 0 Å². The molecule has 1 unspecified atom stereocenters. The van der Waals surface area contributed by atoms with E-state index in [0.29, 0.717) is 0 Å². The minimum atomic E-state index is -2.26. The van der Waals surface area contributed by atoms with Crippen LogP contribution in [0.4, 0.5) is 0 Å². The second kappa shape index (κ2) is 3.40. The molecule has 0 saturated carbocycles. The fourth-order valence-corrected chi connectivity index (χ4v) is 0.440. The van der Waals surface area contributed by atoms with Crippen LogP contribution in [0.25, 0.3) is 0 Å². The Bertz CT molecular complexity index is 115. The summed E-state index contributed by atoms with van der Waals surface area (Å²) < 4.78 is 20.8. The molecular weight excluding hydrogens is 126 g/mol. The highest BCUT2D eigenvalue weighted by atomic mass is 32.2. The van der Waals surface area contributed by atoms with E-state index in [2.05, 4.69) is 13.2 Å². The molecule has 0 spiro atoms. The molecule has 0 saturated heterocycles. The molecular formula is C4H6NO2S-. The van der Waals surface area contributed by atoms with E-state index in [4.69, 9.17) is 0 Å². The molecule has 0 aliphatic rings. The van der Waals surface area contributed by atoms with Crippen molar-refractivity contribution in [3.8, 4) is 0 Å². The Labute approximate surface area is 50.7 Å². The second-order valence-electron chi connectivity index (χ2n) is 0.942. The van der Waals surface area contributed by atoms with E-state index in [-0.39, 0.29) is 0 Å². The molecule has 4 heteroatoms. The molecule has 0 aromatic carbocycles. The van der Waals surface area contributed by atoms with Crippen molar-refractivity contribution in [3.63, 3.8) is 0 Å².